The number of hydrogen-bond acceptors (Lipinski definition) is 4. The Kier molecular flexibility index (Phi) is 5.06. The lowest BCUT2D eigenvalue weighted by Crippen LogP contribution is -2.38. The summed E-state index contributed by atoms with van der Waals surface area (Å²) in [5.41, 5.74) is 0. The SMILES string of the molecule is COc1ccc(Br)cc1S(=O)(=O)NC(C)C1CCOC1. The molecule has 1 saturated heterocycles. The van der Waals surface area contributed by atoms with Crippen LogP contribution in [0.2, 0.25) is 0 Å². The van der Waals surface area contributed by atoms with Crippen molar-refractivity contribution in [2.24, 2.45) is 5.92 Å². The van der Waals surface area contributed by atoms with Gasteiger partial charge in [-0.1, -0.05) is 15.9 Å². The van der Waals surface area contributed by atoms with E-state index in [0.717, 1.165) is 6.42 Å². The van der Waals surface area contributed by atoms with E-state index >= 15 is 0 Å². The van der Waals surface area contributed by atoms with Crippen LogP contribution in [0.15, 0.2) is 27.6 Å². The van der Waals surface area contributed by atoms with Gasteiger partial charge in [0.15, 0.2) is 0 Å². The Morgan fingerprint density at radius 1 is 1.50 bits per heavy atom. The van der Waals surface area contributed by atoms with Gasteiger partial charge in [-0.2, -0.15) is 0 Å². The molecule has 5 nitrogen and oxygen atoms in total. The largest absolute Gasteiger partial charge is 0.495 e. The van der Waals surface area contributed by atoms with E-state index in [9.17, 15) is 8.42 Å². The molecule has 20 heavy (non-hydrogen) atoms. The third-order valence-corrected chi connectivity index (χ3v) is 5.50. The summed E-state index contributed by atoms with van der Waals surface area (Å²) in [5, 5.41) is 0. The van der Waals surface area contributed by atoms with Crippen molar-refractivity contribution in [1.82, 2.24) is 4.72 Å². The highest BCUT2D eigenvalue weighted by atomic mass is 79.9. The fraction of sp³-hybridized carbons (Fsp3) is 0.538. The molecule has 0 aliphatic carbocycles. The fourth-order valence-corrected chi connectivity index (χ4v) is 4.23. The minimum atomic E-state index is -3.62. The summed E-state index contributed by atoms with van der Waals surface area (Å²) < 4.78 is 38.8. The summed E-state index contributed by atoms with van der Waals surface area (Å²) >= 11 is 3.28. The van der Waals surface area contributed by atoms with Gasteiger partial charge in [-0.15, -0.1) is 0 Å². The molecule has 0 bridgehead atoms. The molecule has 0 amide bonds. The molecule has 2 atom stereocenters. The van der Waals surface area contributed by atoms with E-state index in [0.29, 0.717) is 23.4 Å². The standard InChI is InChI=1S/C13H18BrNO4S/c1-9(10-5-6-19-8-10)15-20(16,17)13-7-11(14)3-4-12(13)18-2/h3-4,7,9-10,15H,5-6,8H2,1-2H3. The number of hydrogen-bond donors (Lipinski definition) is 1. The summed E-state index contributed by atoms with van der Waals surface area (Å²) in [5.74, 6) is 0.540. The van der Waals surface area contributed by atoms with Crippen LogP contribution in [0.5, 0.6) is 5.75 Å². The molecular weight excluding hydrogens is 346 g/mol. The monoisotopic (exact) mass is 363 g/mol. The van der Waals surface area contributed by atoms with Crippen LogP contribution in [0.1, 0.15) is 13.3 Å². The summed E-state index contributed by atoms with van der Waals surface area (Å²) in [6.45, 7) is 3.15. The fourth-order valence-electron chi connectivity index (χ4n) is 2.21. The predicted molar refractivity (Wildman–Crippen MR) is 79.4 cm³/mol. The smallest absolute Gasteiger partial charge is 0.244 e. The van der Waals surface area contributed by atoms with Crippen molar-refractivity contribution < 1.29 is 17.9 Å². The van der Waals surface area contributed by atoms with Crippen LogP contribution < -0.4 is 9.46 Å². The van der Waals surface area contributed by atoms with Crippen molar-refractivity contribution >= 4 is 26.0 Å². The first kappa shape index (κ1) is 15.8. The molecule has 2 unspecified atom stereocenters. The molecule has 7 heteroatoms. The van der Waals surface area contributed by atoms with E-state index in [1.165, 1.54) is 7.11 Å². The second kappa shape index (κ2) is 6.43. The Morgan fingerprint density at radius 3 is 2.85 bits per heavy atom. The van der Waals surface area contributed by atoms with E-state index in [-0.39, 0.29) is 16.9 Å². The normalized spacial score (nSPS) is 20.9. The average molecular weight is 364 g/mol. The zero-order valence-corrected chi connectivity index (χ0v) is 13.8. The van der Waals surface area contributed by atoms with Crippen molar-refractivity contribution in [3.63, 3.8) is 0 Å². The third kappa shape index (κ3) is 3.52. The van der Waals surface area contributed by atoms with Crippen LogP contribution in [-0.2, 0) is 14.8 Å². The van der Waals surface area contributed by atoms with E-state index in [1.807, 2.05) is 6.92 Å². The zero-order valence-electron chi connectivity index (χ0n) is 11.4. The molecule has 0 spiro atoms. The number of sulfonamides is 1. The highest BCUT2D eigenvalue weighted by Gasteiger charge is 2.28. The first-order chi connectivity index (χ1) is 9.44. The number of nitrogens with one attached hydrogen (secondary N) is 1. The van der Waals surface area contributed by atoms with E-state index in [1.54, 1.807) is 18.2 Å². The van der Waals surface area contributed by atoms with Crippen LogP contribution in [0.3, 0.4) is 0 Å². The quantitative estimate of drug-likeness (QED) is 0.870. The Labute approximate surface area is 127 Å². The van der Waals surface area contributed by atoms with Crippen LogP contribution in [0, 0.1) is 5.92 Å². The van der Waals surface area contributed by atoms with Gasteiger partial charge in [0.25, 0.3) is 0 Å². The van der Waals surface area contributed by atoms with E-state index in [4.69, 9.17) is 9.47 Å². The lowest BCUT2D eigenvalue weighted by atomic mass is 10.0. The molecular formula is C13H18BrNO4S. The van der Waals surface area contributed by atoms with Crippen LogP contribution >= 0.6 is 15.9 Å². The molecule has 1 heterocycles. The van der Waals surface area contributed by atoms with Gasteiger partial charge in [0, 0.05) is 23.0 Å². The maximum absolute atomic E-state index is 12.5. The molecule has 0 radical (unpaired) electrons. The Morgan fingerprint density at radius 2 is 2.25 bits per heavy atom. The summed E-state index contributed by atoms with van der Waals surface area (Å²) in [4.78, 5) is 0.139. The third-order valence-electron chi connectivity index (χ3n) is 3.43. The van der Waals surface area contributed by atoms with Crippen LogP contribution in [-0.4, -0.2) is 34.8 Å². The molecule has 112 valence electrons. The maximum atomic E-state index is 12.5. The highest BCUT2D eigenvalue weighted by Crippen LogP contribution is 2.28. The van der Waals surface area contributed by atoms with Crippen molar-refractivity contribution in [2.45, 2.75) is 24.3 Å². The number of rotatable bonds is 5. The lowest BCUT2D eigenvalue weighted by Gasteiger charge is -2.20. The minimum Gasteiger partial charge on any atom is -0.495 e. The van der Waals surface area contributed by atoms with Gasteiger partial charge < -0.3 is 9.47 Å². The van der Waals surface area contributed by atoms with Gasteiger partial charge in [-0.3, -0.25) is 0 Å². The molecule has 1 aromatic carbocycles. The molecule has 1 aromatic rings. The topological polar surface area (TPSA) is 64.6 Å². The molecule has 1 fully saturated rings. The van der Waals surface area contributed by atoms with Crippen molar-refractivity contribution in [3.8, 4) is 5.75 Å². The Hall–Kier alpha value is -0.630. The Balaban J connectivity index is 2.23. The lowest BCUT2D eigenvalue weighted by molar-refractivity contribution is 0.180. The summed E-state index contributed by atoms with van der Waals surface area (Å²) in [6, 6.07) is 4.74. The molecule has 2 rings (SSSR count). The zero-order chi connectivity index (χ0) is 14.8. The van der Waals surface area contributed by atoms with Gasteiger partial charge in [-0.25, -0.2) is 13.1 Å². The Bertz CT molecular complexity index is 570. The molecule has 1 aliphatic heterocycles. The van der Waals surface area contributed by atoms with Gasteiger partial charge in [-0.05, 0) is 31.5 Å². The second-order valence-corrected chi connectivity index (χ2v) is 7.43. The molecule has 1 aliphatic rings. The van der Waals surface area contributed by atoms with Crippen LogP contribution in [0.25, 0.3) is 0 Å². The highest BCUT2D eigenvalue weighted by molar-refractivity contribution is 9.10. The van der Waals surface area contributed by atoms with Gasteiger partial charge in [0.2, 0.25) is 10.0 Å². The number of ether oxygens (including phenoxy) is 2. The second-order valence-electron chi connectivity index (χ2n) is 4.83. The van der Waals surface area contributed by atoms with Crippen molar-refractivity contribution in [2.75, 3.05) is 20.3 Å². The number of methoxy groups -OCH3 is 1. The maximum Gasteiger partial charge on any atom is 0.244 e. The van der Waals surface area contributed by atoms with Crippen molar-refractivity contribution in [1.29, 1.82) is 0 Å². The minimum absolute atomic E-state index is 0.139. The van der Waals surface area contributed by atoms with Crippen molar-refractivity contribution in [3.05, 3.63) is 22.7 Å². The predicted octanol–water partition coefficient (Wildman–Crippen LogP) is 2.16. The number of benzene rings is 1. The van der Waals surface area contributed by atoms with Gasteiger partial charge in [0.05, 0.1) is 13.7 Å². The molecule has 1 N–H and O–H groups in total. The van der Waals surface area contributed by atoms with Crippen LogP contribution in [0.4, 0.5) is 0 Å². The van der Waals surface area contributed by atoms with E-state index in [2.05, 4.69) is 20.7 Å². The summed E-state index contributed by atoms with van der Waals surface area (Å²) in [7, 11) is -2.17. The van der Waals surface area contributed by atoms with Gasteiger partial charge in [0.1, 0.15) is 10.6 Å². The average Bonchev–Trinajstić information content (AvgIpc) is 2.92. The summed E-state index contributed by atoms with van der Waals surface area (Å²) in [6.07, 6.45) is 0.874. The van der Waals surface area contributed by atoms with E-state index < -0.39 is 10.0 Å². The first-order valence-electron chi connectivity index (χ1n) is 6.37. The number of halogens is 1. The first-order valence-corrected chi connectivity index (χ1v) is 8.65. The molecule has 0 aromatic heterocycles. The van der Waals surface area contributed by atoms with Gasteiger partial charge >= 0.3 is 0 Å². The molecule has 0 saturated carbocycles.